The SMILES string of the molecule is Cn1c(-c2ccccc2)nc(-c2ccc(Br)c(Br)c2)c1N. The number of hydrogen-bond donors (Lipinski definition) is 1. The number of nitrogens with two attached hydrogens (primary N) is 1. The van der Waals surface area contributed by atoms with Crippen LogP contribution in [0.2, 0.25) is 0 Å². The van der Waals surface area contributed by atoms with Gasteiger partial charge in [0.1, 0.15) is 17.3 Å². The lowest BCUT2D eigenvalue weighted by Crippen LogP contribution is -1.98. The molecule has 0 fully saturated rings. The molecule has 0 saturated carbocycles. The molecule has 0 amide bonds. The van der Waals surface area contributed by atoms with Gasteiger partial charge >= 0.3 is 0 Å². The Morgan fingerprint density at radius 1 is 0.952 bits per heavy atom. The van der Waals surface area contributed by atoms with Gasteiger partial charge in [-0.05, 0) is 44.0 Å². The Hall–Kier alpha value is -1.59. The average molecular weight is 407 g/mol. The van der Waals surface area contributed by atoms with Crippen molar-refractivity contribution in [1.82, 2.24) is 9.55 Å². The third-order valence-corrected chi connectivity index (χ3v) is 5.24. The maximum atomic E-state index is 6.23. The van der Waals surface area contributed by atoms with E-state index in [-0.39, 0.29) is 0 Å². The first-order valence-electron chi connectivity index (χ1n) is 6.41. The molecule has 2 N–H and O–H groups in total. The summed E-state index contributed by atoms with van der Waals surface area (Å²) in [7, 11) is 1.93. The van der Waals surface area contributed by atoms with Crippen LogP contribution in [0.3, 0.4) is 0 Å². The topological polar surface area (TPSA) is 43.8 Å². The molecule has 0 saturated heterocycles. The van der Waals surface area contributed by atoms with E-state index in [1.54, 1.807) is 0 Å². The van der Waals surface area contributed by atoms with Crippen molar-refractivity contribution in [2.24, 2.45) is 7.05 Å². The van der Waals surface area contributed by atoms with Gasteiger partial charge in [0.25, 0.3) is 0 Å². The highest BCUT2D eigenvalue weighted by atomic mass is 79.9. The van der Waals surface area contributed by atoms with Gasteiger partial charge in [-0.15, -0.1) is 0 Å². The van der Waals surface area contributed by atoms with E-state index < -0.39 is 0 Å². The second kappa shape index (κ2) is 5.66. The molecule has 0 aliphatic rings. The number of hydrogen-bond acceptors (Lipinski definition) is 2. The van der Waals surface area contributed by atoms with E-state index in [2.05, 4.69) is 31.9 Å². The van der Waals surface area contributed by atoms with E-state index in [4.69, 9.17) is 10.7 Å². The van der Waals surface area contributed by atoms with Gasteiger partial charge < -0.3 is 10.3 Å². The first-order chi connectivity index (χ1) is 10.1. The Bertz CT molecular complexity index is 795. The summed E-state index contributed by atoms with van der Waals surface area (Å²) < 4.78 is 3.90. The number of benzene rings is 2. The number of rotatable bonds is 2. The molecular weight excluding hydrogens is 394 g/mol. The third-order valence-electron chi connectivity index (χ3n) is 3.36. The quantitative estimate of drug-likeness (QED) is 0.660. The van der Waals surface area contributed by atoms with Crippen LogP contribution in [0.1, 0.15) is 0 Å². The van der Waals surface area contributed by atoms with Crippen LogP contribution >= 0.6 is 31.9 Å². The number of nitrogens with zero attached hydrogens (tertiary/aromatic N) is 2. The molecule has 1 heterocycles. The molecule has 0 aliphatic carbocycles. The summed E-state index contributed by atoms with van der Waals surface area (Å²) in [5, 5.41) is 0. The van der Waals surface area contributed by atoms with Crippen molar-refractivity contribution in [3.63, 3.8) is 0 Å². The Labute approximate surface area is 140 Å². The number of nitrogen functional groups attached to an aromatic ring is 1. The van der Waals surface area contributed by atoms with Crippen LogP contribution in [0.15, 0.2) is 57.5 Å². The van der Waals surface area contributed by atoms with Gasteiger partial charge in [-0.3, -0.25) is 0 Å². The highest BCUT2D eigenvalue weighted by Crippen LogP contribution is 2.33. The van der Waals surface area contributed by atoms with Crippen molar-refractivity contribution in [2.75, 3.05) is 5.73 Å². The summed E-state index contributed by atoms with van der Waals surface area (Å²) in [5.74, 6) is 1.52. The fraction of sp³-hybridized carbons (Fsp3) is 0.0625. The Morgan fingerprint density at radius 2 is 1.67 bits per heavy atom. The van der Waals surface area contributed by atoms with Gasteiger partial charge in [-0.1, -0.05) is 36.4 Å². The molecule has 5 heteroatoms. The van der Waals surface area contributed by atoms with Gasteiger partial charge in [-0.2, -0.15) is 0 Å². The summed E-state index contributed by atoms with van der Waals surface area (Å²) in [6, 6.07) is 16.0. The fourth-order valence-electron chi connectivity index (χ4n) is 2.21. The predicted molar refractivity (Wildman–Crippen MR) is 93.9 cm³/mol. The Balaban J connectivity index is 2.15. The van der Waals surface area contributed by atoms with Gasteiger partial charge in [0.05, 0.1) is 0 Å². The summed E-state index contributed by atoms with van der Waals surface area (Å²) in [6.45, 7) is 0. The van der Waals surface area contributed by atoms with E-state index in [0.29, 0.717) is 5.82 Å². The second-order valence-corrected chi connectivity index (χ2v) is 6.43. The van der Waals surface area contributed by atoms with Crippen molar-refractivity contribution in [3.8, 4) is 22.6 Å². The zero-order valence-electron chi connectivity index (χ0n) is 11.3. The van der Waals surface area contributed by atoms with Crippen molar-refractivity contribution in [3.05, 3.63) is 57.5 Å². The lowest BCUT2D eigenvalue weighted by Gasteiger charge is -2.03. The van der Waals surface area contributed by atoms with E-state index in [1.807, 2.05) is 60.1 Å². The standard InChI is InChI=1S/C16H13Br2N3/c1-21-15(19)14(11-7-8-12(17)13(18)9-11)20-16(21)10-5-3-2-4-6-10/h2-9H,19H2,1H3. The molecule has 0 atom stereocenters. The summed E-state index contributed by atoms with van der Waals surface area (Å²) in [6.07, 6.45) is 0. The summed E-state index contributed by atoms with van der Waals surface area (Å²) in [5.41, 5.74) is 9.07. The first-order valence-corrected chi connectivity index (χ1v) is 7.99. The summed E-state index contributed by atoms with van der Waals surface area (Å²) in [4.78, 5) is 4.72. The number of anilines is 1. The van der Waals surface area contributed by atoms with Gasteiger partial charge in [0.2, 0.25) is 0 Å². The lowest BCUT2D eigenvalue weighted by atomic mass is 10.1. The van der Waals surface area contributed by atoms with Crippen molar-refractivity contribution in [1.29, 1.82) is 0 Å². The monoisotopic (exact) mass is 405 g/mol. The number of halogens is 2. The Morgan fingerprint density at radius 3 is 2.33 bits per heavy atom. The lowest BCUT2D eigenvalue weighted by molar-refractivity contribution is 0.937. The highest BCUT2D eigenvalue weighted by molar-refractivity contribution is 9.13. The average Bonchev–Trinajstić information content (AvgIpc) is 2.79. The predicted octanol–water partition coefficient (Wildman–Crippen LogP) is 4.86. The molecule has 1 aromatic heterocycles. The number of imidazole rings is 1. The van der Waals surface area contributed by atoms with Crippen LogP contribution in [-0.4, -0.2) is 9.55 Å². The Kier molecular flexibility index (Phi) is 3.87. The molecule has 0 bridgehead atoms. The van der Waals surface area contributed by atoms with Crippen molar-refractivity contribution >= 4 is 37.7 Å². The maximum Gasteiger partial charge on any atom is 0.142 e. The second-order valence-electron chi connectivity index (χ2n) is 4.72. The van der Waals surface area contributed by atoms with Crippen molar-refractivity contribution in [2.45, 2.75) is 0 Å². The van der Waals surface area contributed by atoms with E-state index in [9.17, 15) is 0 Å². The molecule has 0 aliphatic heterocycles. The van der Waals surface area contributed by atoms with Gasteiger partial charge in [-0.25, -0.2) is 4.98 Å². The zero-order valence-corrected chi connectivity index (χ0v) is 14.5. The summed E-state index contributed by atoms with van der Waals surface area (Å²) >= 11 is 6.99. The fourth-order valence-corrected chi connectivity index (χ4v) is 2.84. The normalized spacial score (nSPS) is 10.8. The molecule has 3 rings (SSSR count). The van der Waals surface area contributed by atoms with Crippen LogP contribution in [0.5, 0.6) is 0 Å². The highest BCUT2D eigenvalue weighted by Gasteiger charge is 2.15. The minimum atomic E-state index is 0.656. The van der Waals surface area contributed by atoms with E-state index in [0.717, 1.165) is 31.6 Å². The van der Waals surface area contributed by atoms with Crippen LogP contribution in [0, 0.1) is 0 Å². The molecule has 0 spiro atoms. The first kappa shape index (κ1) is 14.4. The van der Waals surface area contributed by atoms with Crippen LogP contribution < -0.4 is 5.73 Å². The van der Waals surface area contributed by atoms with E-state index in [1.165, 1.54) is 0 Å². The van der Waals surface area contributed by atoms with E-state index >= 15 is 0 Å². The maximum absolute atomic E-state index is 6.23. The zero-order chi connectivity index (χ0) is 15.0. The van der Waals surface area contributed by atoms with Gasteiger partial charge in [0, 0.05) is 27.1 Å². The minimum Gasteiger partial charge on any atom is -0.383 e. The molecule has 21 heavy (non-hydrogen) atoms. The molecular formula is C16H13Br2N3. The molecule has 3 nitrogen and oxygen atoms in total. The van der Waals surface area contributed by atoms with Crippen LogP contribution in [-0.2, 0) is 7.05 Å². The largest absolute Gasteiger partial charge is 0.383 e. The van der Waals surface area contributed by atoms with Crippen LogP contribution in [0.4, 0.5) is 5.82 Å². The van der Waals surface area contributed by atoms with Crippen molar-refractivity contribution < 1.29 is 0 Å². The molecule has 2 aromatic carbocycles. The minimum absolute atomic E-state index is 0.656. The molecule has 0 unspecified atom stereocenters. The third kappa shape index (κ3) is 2.63. The number of aromatic nitrogens is 2. The van der Waals surface area contributed by atoms with Crippen LogP contribution in [0.25, 0.3) is 22.6 Å². The molecule has 3 aromatic rings. The smallest absolute Gasteiger partial charge is 0.142 e. The molecule has 0 radical (unpaired) electrons. The van der Waals surface area contributed by atoms with Gasteiger partial charge in [0.15, 0.2) is 0 Å². The molecule has 106 valence electrons.